The summed E-state index contributed by atoms with van der Waals surface area (Å²) in [6.07, 6.45) is 0. The third-order valence-electron chi connectivity index (χ3n) is 22.6. The first-order chi connectivity index (χ1) is 58.5. The highest BCUT2D eigenvalue weighted by Gasteiger charge is 2.25. The largest absolute Gasteiger partial charge is 0.309 e. The number of benzene rings is 17. The van der Waals surface area contributed by atoms with Crippen LogP contribution in [0.25, 0.3) is 212 Å². The van der Waals surface area contributed by atoms with Crippen molar-refractivity contribution < 1.29 is 0 Å². The van der Waals surface area contributed by atoms with Crippen LogP contribution in [0.5, 0.6) is 0 Å². The van der Waals surface area contributed by atoms with Crippen molar-refractivity contribution in [3.63, 3.8) is 0 Å². The topological polar surface area (TPSA) is 97.1 Å². The highest BCUT2D eigenvalue weighted by molar-refractivity contribution is 6.21. The zero-order valence-electron chi connectivity index (χ0n) is 63.9. The molecule has 0 N–H and O–H groups in total. The summed E-state index contributed by atoms with van der Waals surface area (Å²) in [6.45, 7) is 0. The zero-order valence-corrected chi connectivity index (χ0v) is 63.9. The Morgan fingerprint density at radius 3 is 0.661 bits per heavy atom. The van der Waals surface area contributed by atoms with Crippen LogP contribution < -0.4 is 0 Å². The van der Waals surface area contributed by atoms with Gasteiger partial charge in [0, 0.05) is 99.2 Å². The maximum atomic E-state index is 5.19. The third kappa shape index (κ3) is 12.3. The van der Waals surface area contributed by atoms with Crippen LogP contribution in [0.4, 0.5) is 0 Å². The van der Waals surface area contributed by atoms with E-state index in [2.05, 4.69) is 346 Å². The Morgan fingerprint density at radius 2 is 0.339 bits per heavy atom. The van der Waals surface area contributed by atoms with Crippen LogP contribution in [-0.4, -0.2) is 48.2 Å². The molecule has 23 rings (SSSR count). The molecule has 23 aromatic rings. The van der Waals surface area contributed by atoms with Gasteiger partial charge in [-0.2, -0.15) is 0 Å². The van der Waals surface area contributed by atoms with Crippen molar-refractivity contribution in [1.82, 2.24) is 48.2 Å². The lowest BCUT2D eigenvalue weighted by atomic mass is 10.0. The fourth-order valence-corrected chi connectivity index (χ4v) is 17.2. The molecule has 6 aromatic heterocycles. The third-order valence-corrected chi connectivity index (χ3v) is 22.6. The average Bonchev–Trinajstić information content (AvgIpc) is 1.56. The smallest absolute Gasteiger partial charge is 0.164 e. The van der Waals surface area contributed by atoms with Gasteiger partial charge in [-0.05, 0) is 143 Å². The predicted octanol–water partition coefficient (Wildman–Crippen LogP) is 27.1. The average molecular weight is 1510 g/mol. The Hall–Kier alpha value is -16.0. The Morgan fingerprint density at radius 1 is 0.119 bits per heavy atom. The van der Waals surface area contributed by atoms with E-state index in [1.807, 2.05) is 97.1 Å². The molecule has 17 aromatic carbocycles. The molecule has 0 saturated carbocycles. The number of rotatable bonds is 13. The zero-order chi connectivity index (χ0) is 78.0. The van der Waals surface area contributed by atoms with Crippen LogP contribution in [0, 0.1) is 0 Å². The molecule has 0 aliphatic rings. The number of para-hydroxylation sites is 5. The first kappa shape index (κ1) is 68.7. The van der Waals surface area contributed by atoms with Gasteiger partial charge in [-0.3, -0.25) is 0 Å². The number of fused-ring (bicyclic) bond motifs is 12. The van der Waals surface area contributed by atoms with Gasteiger partial charge >= 0.3 is 0 Å². The Balaban J connectivity index is 0.000000143. The van der Waals surface area contributed by atoms with Gasteiger partial charge in [0.15, 0.2) is 34.9 Å². The number of nitrogens with zero attached hydrogens (tertiary/aromatic N) is 10. The lowest BCUT2D eigenvalue weighted by Gasteiger charge is -2.15. The van der Waals surface area contributed by atoms with Gasteiger partial charge in [0.2, 0.25) is 0 Å². The second-order valence-electron chi connectivity index (χ2n) is 29.8. The second-order valence-corrected chi connectivity index (χ2v) is 29.8. The lowest BCUT2D eigenvalue weighted by Crippen LogP contribution is -2.02. The quantitative estimate of drug-likeness (QED) is 0.114. The predicted molar refractivity (Wildman–Crippen MR) is 486 cm³/mol. The molecule has 0 atom stereocenters. The van der Waals surface area contributed by atoms with Gasteiger partial charge in [0.05, 0.1) is 44.1 Å². The van der Waals surface area contributed by atoms with E-state index in [9.17, 15) is 0 Å². The molecule has 10 heteroatoms. The highest BCUT2D eigenvalue weighted by atomic mass is 15.1. The minimum Gasteiger partial charge on any atom is -0.309 e. The maximum Gasteiger partial charge on any atom is 0.164 e. The van der Waals surface area contributed by atoms with Crippen molar-refractivity contribution in [1.29, 1.82) is 0 Å². The van der Waals surface area contributed by atoms with E-state index in [0.717, 1.165) is 111 Å². The Bertz CT molecular complexity index is 7640. The summed E-state index contributed by atoms with van der Waals surface area (Å²) in [4.78, 5) is 30.7. The fraction of sp³-hybridized carbons (Fsp3) is 0. The number of aromatic nitrogens is 10. The molecular formula is C108H70N10. The van der Waals surface area contributed by atoms with Crippen molar-refractivity contribution in [2.45, 2.75) is 0 Å². The maximum absolute atomic E-state index is 5.19. The van der Waals surface area contributed by atoms with Crippen LogP contribution in [0.2, 0.25) is 0 Å². The first-order valence-corrected chi connectivity index (χ1v) is 39.8. The van der Waals surface area contributed by atoms with Crippen molar-refractivity contribution in [2.75, 3.05) is 0 Å². The molecular weight excluding hydrogens is 1440 g/mol. The minimum absolute atomic E-state index is 0.610. The summed E-state index contributed by atoms with van der Waals surface area (Å²) in [7, 11) is 0. The molecule has 6 heterocycles. The number of hydrogen-bond acceptors (Lipinski definition) is 6. The molecule has 0 bridgehead atoms. The van der Waals surface area contributed by atoms with Gasteiger partial charge in [0.1, 0.15) is 0 Å². The van der Waals surface area contributed by atoms with E-state index in [-0.39, 0.29) is 0 Å². The molecule has 0 amide bonds. The molecule has 552 valence electrons. The molecule has 0 unspecified atom stereocenters. The van der Waals surface area contributed by atoms with Gasteiger partial charge in [-0.1, -0.05) is 315 Å². The molecule has 0 saturated heterocycles. The Labute approximate surface area is 680 Å². The normalized spacial score (nSPS) is 11.6. The van der Waals surface area contributed by atoms with Crippen molar-refractivity contribution in [3.05, 3.63) is 425 Å². The van der Waals surface area contributed by atoms with Gasteiger partial charge in [0.25, 0.3) is 0 Å². The van der Waals surface area contributed by atoms with E-state index in [0.29, 0.717) is 34.9 Å². The van der Waals surface area contributed by atoms with Crippen LogP contribution in [0.3, 0.4) is 0 Å². The molecule has 0 aliphatic heterocycles. The van der Waals surface area contributed by atoms with E-state index < -0.39 is 0 Å². The van der Waals surface area contributed by atoms with Crippen LogP contribution in [-0.2, 0) is 0 Å². The summed E-state index contributed by atoms with van der Waals surface area (Å²) >= 11 is 0. The molecule has 0 fully saturated rings. The van der Waals surface area contributed by atoms with Crippen LogP contribution in [0.1, 0.15) is 0 Å². The fourth-order valence-electron chi connectivity index (χ4n) is 17.2. The lowest BCUT2D eigenvalue weighted by molar-refractivity contribution is 1.07. The summed E-state index contributed by atoms with van der Waals surface area (Å²) in [5.41, 5.74) is 25.7. The number of hydrogen-bond donors (Lipinski definition) is 0. The molecule has 10 nitrogen and oxygen atoms in total. The van der Waals surface area contributed by atoms with E-state index in [4.69, 9.17) is 29.9 Å². The van der Waals surface area contributed by atoms with Crippen molar-refractivity contribution in [3.8, 4) is 124 Å². The van der Waals surface area contributed by atoms with Gasteiger partial charge in [-0.25, -0.2) is 29.9 Å². The summed E-state index contributed by atoms with van der Waals surface area (Å²) in [5, 5.41) is 9.68. The standard InChI is InChI=1S/C57H37N5.C51H33N5/c1-5-18-38(19-6-1)42-26-17-27-45(33-42)61-51-30-15-13-28-47(51)49-36-50-48-29-14-16-31-52(48)62(54(50)37-53(49)61)46-34-43(39-20-7-2-8-21-39)32-44(35-46)57-59-55(40-22-9-3-10-23-40)58-56(60-57)41-24-11-4-12-25-41;1-5-17-34(18-6-1)37-29-38(51-53-49(35-19-7-2-8-20-35)52-50(54-51)36-21-9-3-10-22-36)31-40(30-37)56-46-28-16-14-26-42(46)44-32-43-41-25-13-15-27-45(41)55(47(43)33-48(44)56)39-23-11-4-12-24-39/h1-37H;1-33H. The molecule has 118 heavy (non-hydrogen) atoms. The van der Waals surface area contributed by atoms with E-state index in [1.54, 1.807) is 0 Å². The summed E-state index contributed by atoms with van der Waals surface area (Å²) in [6, 6.07) is 150. The highest BCUT2D eigenvalue weighted by Crippen LogP contribution is 2.45. The molecule has 0 radical (unpaired) electrons. The van der Waals surface area contributed by atoms with Crippen molar-refractivity contribution >= 4 is 87.2 Å². The monoisotopic (exact) mass is 1510 g/mol. The first-order valence-electron chi connectivity index (χ1n) is 39.8. The second kappa shape index (κ2) is 29.2. The minimum atomic E-state index is 0.610. The van der Waals surface area contributed by atoms with Crippen LogP contribution >= 0.6 is 0 Å². The van der Waals surface area contributed by atoms with Gasteiger partial charge in [-0.15, -0.1) is 0 Å². The molecule has 0 aliphatic carbocycles. The summed E-state index contributed by atoms with van der Waals surface area (Å²) in [5.74, 6) is 3.75. The SMILES string of the molecule is c1ccc(-c2cc(-c3nc(-c4ccccc4)nc(-c4ccccc4)n3)cc(-n3c4ccccc4c4cc5c6ccccc6n(-c6ccccc6)c5cc43)c2)cc1.c1ccc(-c2cccc(-n3c4ccccc4c4cc5c6ccccc6n(-c6cc(-c7ccccc7)cc(-c7nc(-c8ccccc8)nc(-c8ccccc8)n7)c6)c5cc43)c2)cc1. The van der Waals surface area contributed by atoms with Gasteiger partial charge < -0.3 is 18.3 Å². The van der Waals surface area contributed by atoms with Crippen molar-refractivity contribution in [2.24, 2.45) is 0 Å². The van der Waals surface area contributed by atoms with Crippen LogP contribution in [0.15, 0.2) is 425 Å². The van der Waals surface area contributed by atoms with E-state index >= 15 is 0 Å². The molecule has 0 spiro atoms. The van der Waals surface area contributed by atoms with E-state index in [1.165, 1.54) is 65.3 Å². The Kier molecular flexibility index (Phi) is 17.0. The summed E-state index contributed by atoms with van der Waals surface area (Å²) < 4.78 is 9.63.